The first-order chi connectivity index (χ1) is 17.6. The Balaban J connectivity index is 1.80. The number of unbranched alkanes of at least 4 members (excludes halogenated alkanes) is 1. The van der Waals surface area contributed by atoms with Crippen LogP contribution in [0.25, 0.3) is 16.7 Å². The van der Waals surface area contributed by atoms with Crippen LogP contribution in [0.5, 0.6) is 0 Å². The van der Waals surface area contributed by atoms with Crippen molar-refractivity contribution < 1.29 is 17.9 Å². The first-order valence-corrected chi connectivity index (χ1v) is 13.9. The van der Waals surface area contributed by atoms with Crippen LogP contribution in [0.1, 0.15) is 31.0 Å². The summed E-state index contributed by atoms with van der Waals surface area (Å²) >= 11 is 12.2. The Morgan fingerprint density at radius 3 is 2.41 bits per heavy atom. The van der Waals surface area contributed by atoms with E-state index in [0.717, 1.165) is 32.9 Å². The number of fused-ring (bicyclic) bond motifs is 1. The number of ether oxygens (including phenoxy) is 1. The zero-order valence-corrected chi connectivity index (χ0v) is 22.9. The second-order valence-corrected chi connectivity index (χ2v) is 11.3. The minimum absolute atomic E-state index is 0.129. The van der Waals surface area contributed by atoms with Crippen molar-refractivity contribution in [2.24, 2.45) is 0 Å². The molecule has 0 bridgehead atoms. The van der Waals surface area contributed by atoms with Crippen molar-refractivity contribution in [3.63, 3.8) is 0 Å². The largest absolute Gasteiger partial charge is 0.464 e. The maximum Gasteiger partial charge on any atom is 0.326 e. The normalized spacial score (nSPS) is 11.6. The number of rotatable bonds is 9. The molecule has 0 aliphatic carbocycles. The average molecular weight is 561 g/mol. The summed E-state index contributed by atoms with van der Waals surface area (Å²) in [5, 5.41) is 9.52. The van der Waals surface area contributed by atoms with Gasteiger partial charge in [-0.15, -0.1) is 5.10 Å². The number of sulfonamides is 1. The van der Waals surface area contributed by atoms with Gasteiger partial charge in [-0.2, -0.15) is 5.10 Å². The molecule has 0 saturated carbocycles. The van der Waals surface area contributed by atoms with Gasteiger partial charge in [-0.05, 0) is 74.4 Å². The smallest absolute Gasteiger partial charge is 0.326 e. The van der Waals surface area contributed by atoms with E-state index in [1.54, 1.807) is 18.2 Å². The van der Waals surface area contributed by atoms with E-state index in [1.165, 1.54) is 18.2 Å². The molecule has 4 aromatic rings. The SMILES string of the molecule is CCCCOC(=O)CN(c1ccc2c(c1)c(C)cn2-c1ccc(C)nn1)S(=O)(=O)c1cc(Cl)cc(Cl)c1. The minimum Gasteiger partial charge on any atom is -0.464 e. The molecule has 11 heteroatoms. The molecule has 0 aliphatic heterocycles. The predicted octanol–water partition coefficient (Wildman–Crippen LogP) is 5.88. The monoisotopic (exact) mass is 560 g/mol. The van der Waals surface area contributed by atoms with Gasteiger partial charge >= 0.3 is 5.97 Å². The van der Waals surface area contributed by atoms with Gasteiger partial charge in [-0.3, -0.25) is 13.7 Å². The number of aryl methyl sites for hydroxylation is 2. The van der Waals surface area contributed by atoms with Crippen LogP contribution < -0.4 is 4.31 Å². The van der Waals surface area contributed by atoms with Crippen LogP contribution in [-0.2, 0) is 19.6 Å². The van der Waals surface area contributed by atoms with Gasteiger partial charge in [0.05, 0.1) is 28.4 Å². The van der Waals surface area contributed by atoms with Gasteiger partial charge in [0.25, 0.3) is 10.0 Å². The number of esters is 1. The van der Waals surface area contributed by atoms with Crippen LogP contribution in [0.2, 0.25) is 10.0 Å². The summed E-state index contributed by atoms with van der Waals surface area (Å²) in [5.74, 6) is -0.0246. The highest BCUT2D eigenvalue weighted by atomic mass is 35.5. The molecule has 37 heavy (non-hydrogen) atoms. The second kappa shape index (κ2) is 11.1. The molecule has 0 fully saturated rings. The summed E-state index contributed by atoms with van der Waals surface area (Å²) in [7, 11) is -4.22. The van der Waals surface area contributed by atoms with Crippen molar-refractivity contribution in [3.05, 3.63) is 76.0 Å². The molecule has 2 heterocycles. The van der Waals surface area contributed by atoms with Crippen LogP contribution in [0, 0.1) is 13.8 Å². The summed E-state index contributed by atoms with van der Waals surface area (Å²) in [5.41, 5.74) is 2.81. The van der Waals surface area contributed by atoms with Crippen molar-refractivity contribution in [2.75, 3.05) is 17.5 Å². The Kier molecular flexibility index (Phi) is 8.06. The lowest BCUT2D eigenvalue weighted by molar-refractivity contribution is -0.141. The molecule has 0 aliphatic rings. The van der Waals surface area contributed by atoms with Crippen LogP contribution in [0.4, 0.5) is 5.69 Å². The van der Waals surface area contributed by atoms with Crippen molar-refractivity contribution >= 4 is 55.8 Å². The molecule has 194 valence electrons. The van der Waals surface area contributed by atoms with Gasteiger partial charge in [0, 0.05) is 21.6 Å². The van der Waals surface area contributed by atoms with E-state index in [9.17, 15) is 13.2 Å². The first kappa shape index (κ1) is 26.9. The maximum atomic E-state index is 13.8. The third-order valence-corrected chi connectivity index (χ3v) is 7.95. The number of nitrogens with zero attached hydrogens (tertiary/aromatic N) is 4. The molecule has 8 nitrogen and oxygen atoms in total. The summed E-state index contributed by atoms with van der Waals surface area (Å²) in [6, 6.07) is 12.9. The Morgan fingerprint density at radius 2 is 1.76 bits per heavy atom. The number of carbonyl (C=O) groups is 1. The second-order valence-electron chi connectivity index (χ2n) is 8.61. The fourth-order valence-electron chi connectivity index (χ4n) is 3.86. The molecule has 0 saturated heterocycles. The summed E-state index contributed by atoms with van der Waals surface area (Å²) in [6.07, 6.45) is 3.43. The minimum atomic E-state index is -4.22. The van der Waals surface area contributed by atoms with E-state index >= 15 is 0 Å². The van der Waals surface area contributed by atoms with E-state index < -0.39 is 22.5 Å². The first-order valence-electron chi connectivity index (χ1n) is 11.7. The van der Waals surface area contributed by atoms with Gasteiger partial charge in [-0.25, -0.2) is 8.42 Å². The van der Waals surface area contributed by atoms with Crippen LogP contribution in [-0.4, -0.2) is 42.3 Å². The zero-order chi connectivity index (χ0) is 26.7. The van der Waals surface area contributed by atoms with Gasteiger partial charge in [0.1, 0.15) is 6.54 Å². The average Bonchev–Trinajstić information content (AvgIpc) is 3.18. The fourth-order valence-corrected chi connectivity index (χ4v) is 5.99. The van der Waals surface area contributed by atoms with Crippen molar-refractivity contribution in [3.8, 4) is 5.82 Å². The number of halogens is 2. The molecule has 0 atom stereocenters. The lowest BCUT2D eigenvalue weighted by atomic mass is 10.2. The third kappa shape index (κ3) is 5.89. The molecular weight excluding hydrogens is 535 g/mol. The van der Waals surface area contributed by atoms with Crippen molar-refractivity contribution in [1.82, 2.24) is 14.8 Å². The zero-order valence-electron chi connectivity index (χ0n) is 20.6. The van der Waals surface area contributed by atoms with E-state index in [4.69, 9.17) is 27.9 Å². The summed E-state index contributed by atoms with van der Waals surface area (Å²) in [6.45, 7) is 5.45. The van der Waals surface area contributed by atoms with Crippen LogP contribution in [0.3, 0.4) is 0 Å². The molecule has 2 aromatic heterocycles. The molecule has 2 aromatic carbocycles. The maximum absolute atomic E-state index is 13.8. The lowest BCUT2D eigenvalue weighted by Crippen LogP contribution is -2.36. The Labute approximate surface area is 225 Å². The van der Waals surface area contributed by atoms with E-state index in [-0.39, 0.29) is 21.5 Å². The summed E-state index contributed by atoms with van der Waals surface area (Å²) < 4.78 is 35.7. The number of aromatic nitrogens is 3. The van der Waals surface area contributed by atoms with Crippen molar-refractivity contribution in [2.45, 2.75) is 38.5 Å². The molecule has 4 rings (SSSR count). The number of benzene rings is 2. The number of hydrogen-bond donors (Lipinski definition) is 0. The number of hydrogen-bond acceptors (Lipinski definition) is 6. The highest BCUT2D eigenvalue weighted by Crippen LogP contribution is 2.32. The van der Waals surface area contributed by atoms with Crippen LogP contribution in [0.15, 0.2) is 59.6 Å². The summed E-state index contributed by atoms with van der Waals surface area (Å²) in [4.78, 5) is 12.5. The van der Waals surface area contributed by atoms with E-state index in [0.29, 0.717) is 17.9 Å². The van der Waals surface area contributed by atoms with Crippen molar-refractivity contribution in [1.29, 1.82) is 0 Å². The third-order valence-electron chi connectivity index (χ3n) is 5.76. The lowest BCUT2D eigenvalue weighted by Gasteiger charge is -2.24. The highest BCUT2D eigenvalue weighted by molar-refractivity contribution is 7.92. The van der Waals surface area contributed by atoms with E-state index in [1.807, 2.05) is 43.7 Å². The quantitative estimate of drug-likeness (QED) is 0.187. The standard InChI is InChI=1S/C26H26Cl2N4O4S/c1-4-5-10-36-26(33)16-32(37(34,35)22-12-19(27)11-20(28)13-22)21-7-8-24-23(14-21)17(2)15-31(24)25-9-6-18(3)29-30-25/h6-9,11-15H,4-5,10,16H2,1-3H3. The molecule has 0 N–H and O–H groups in total. The molecule has 0 amide bonds. The number of anilines is 1. The molecule has 0 spiro atoms. The highest BCUT2D eigenvalue weighted by Gasteiger charge is 2.29. The fraction of sp³-hybridized carbons (Fsp3) is 0.269. The van der Waals surface area contributed by atoms with Gasteiger partial charge in [0.2, 0.25) is 0 Å². The molecule has 0 unspecified atom stereocenters. The molecule has 0 radical (unpaired) electrons. The van der Waals surface area contributed by atoms with Gasteiger partial charge < -0.3 is 4.74 Å². The molecular formula is C26H26Cl2N4O4S. The predicted molar refractivity (Wildman–Crippen MR) is 145 cm³/mol. The number of carbonyl (C=O) groups excluding carboxylic acids is 1. The van der Waals surface area contributed by atoms with E-state index in [2.05, 4.69) is 10.2 Å². The Bertz CT molecular complexity index is 1530. The van der Waals surface area contributed by atoms with Gasteiger partial charge in [0.15, 0.2) is 5.82 Å². The topological polar surface area (TPSA) is 94.4 Å². The van der Waals surface area contributed by atoms with Gasteiger partial charge in [-0.1, -0.05) is 36.5 Å². The Morgan fingerprint density at radius 1 is 1.03 bits per heavy atom. The Hall–Kier alpha value is -3.14. The van der Waals surface area contributed by atoms with Crippen LogP contribution >= 0.6 is 23.2 Å².